The maximum Gasteiger partial charge on any atom is 0.265 e. The molecular formula is C23H30N4O2S. The van der Waals surface area contributed by atoms with Crippen LogP contribution >= 0.6 is 11.3 Å². The molecule has 4 rings (SSSR count). The molecule has 2 amide bonds. The van der Waals surface area contributed by atoms with Crippen LogP contribution in [-0.2, 0) is 4.79 Å². The monoisotopic (exact) mass is 426 g/mol. The predicted molar refractivity (Wildman–Crippen MR) is 118 cm³/mol. The largest absolute Gasteiger partial charge is 0.353 e. The van der Waals surface area contributed by atoms with Crippen LogP contribution in [0.3, 0.4) is 0 Å². The third-order valence-corrected chi connectivity index (χ3v) is 7.37. The fraction of sp³-hybridized carbons (Fsp3) is 0.565. The molecule has 0 spiro atoms. The summed E-state index contributed by atoms with van der Waals surface area (Å²) in [7, 11) is 0. The second-order valence-electron chi connectivity index (χ2n) is 8.46. The number of piperidine rings is 1. The topological polar surface area (TPSA) is 75.2 Å². The molecule has 1 unspecified atom stereocenters. The van der Waals surface area contributed by atoms with Gasteiger partial charge in [-0.3, -0.25) is 14.6 Å². The van der Waals surface area contributed by atoms with Crippen LogP contribution in [0.15, 0.2) is 24.5 Å². The SMILES string of the molecule is Cc1nc(-c2cccnc2)sc1C(=O)N1CCCC(C(=O)NC2CCCCCC2)C1. The van der Waals surface area contributed by atoms with Crippen molar-refractivity contribution in [2.75, 3.05) is 13.1 Å². The first-order valence-corrected chi connectivity index (χ1v) is 11.9. The Balaban J connectivity index is 1.41. The number of carbonyl (C=O) groups is 2. The van der Waals surface area contributed by atoms with Gasteiger partial charge in [-0.15, -0.1) is 11.3 Å². The number of rotatable bonds is 4. The van der Waals surface area contributed by atoms with Gasteiger partial charge in [-0.25, -0.2) is 4.98 Å². The van der Waals surface area contributed by atoms with E-state index in [1.165, 1.54) is 37.0 Å². The summed E-state index contributed by atoms with van der Waals surface area (Å²) in [5.74, 6) is 0.000515. The lowest BCUT2D eigenvalue weighted by molar-refractivity contribution is -0.127. The zero-order valence-corrected chi connectivity index (χ0v) is 18.4. The van der Waals surface area contributed by atoms with Gasteiger partial charge >= 0.3 is 0 Å². The third kappa shape index (κ3) is 4.89. The summed E-state index contributed by atoms with van der Waals surface area (Å²) in [5.41, 5.74) is 1.66. The summed E-state index contributed by atoms with van der Waals surface area (Å²) < 4.78 is 0. The maximum atomic E-state index is 13.2. The molecule has 1 aliphatic carbocycles. The number of aromatic nitrogens is 2. The Hall–Kier alpha value is -2.28. The number of likely N-dealkylation sites (tertiary alicyclic amines) is 1. The van der Waals surface area contributed by atoms with Gasteiger partial charge in [0.05, 0.1) is 11.6 Å². The quantitative estimate of drug-likeness (QED) is 0.744. The highest BCUT2D eigenvalue weighted by Gasteiger charge is 2.31. The van der Waals surface area contributed by atoms with Crippen LogP contribution in [0.25, 0.3) is 10.6 Å². The van der Waals surface area contributed by atoms with Crippen LogP contribution in [0.4, 0.5) is 0 Å². The fourth-order valence-electron chi connectivity index (χ4n) is 4.47. The van der Waals surface area contributed by atoms with Gasteiger partial charge in [-0.2, -0.15) is 0 Å². The van der Waals surface area contributed by atoms with Crippen molar-refractivity contribution in [3.63, 3.8) is 0 Å². The van der Waals surface area contributed by atoms with Crippen molar-refractivity contribution in [3.8, 4) is 10.6 Å². The summed E-state index contributed by atoms with van der Waals surface area (Å²) in [4.78, 5) is 37.3. The number of hydrogen-bond acceptors (Lipinski definition) is 5. The number of carbonyl (C=O) groups excluding carboxylic acids is 2. The number of hydrogen-bond donors (Lipinski definition) is 1. The molecule has 0 radical (unpaired) electrons. The van der Waals surface area contributed by atoms with E-state index in [2.05, 4.69) is 15.3 Å². The smallest absolute Gasteiger partial charge is 0.265 e. The van der Waals surface area contributed by atoms with Gasteiger partial charge < -0.3 is 10.2 Å². The average Bonchev–Trinajstić information content (AvgIpc) is 2.98. The number of pyridine rings is 1. The zero-order valence-electron chi connectivity index (χ0n) is 17.6. The minimum absolute atomic E-state index is 0.00731. The molecule has 0 aromatic carbocycles. The molecule has 1 saturated heterocycles. The minimum atomic E-state index is -0.114. The van der Waals surface area contributed by atoms with Crippen LogP contribution in [0.2, 0.25) is 0 Å². The number of aryl methyl sites for hydroxylation is 1. The van der Waals surface area contributed by atoms with Gasteiger partial charge in [-0.05, 0) is 44.7 Å². The van der Waals surface area contributed by atoms with E-state index in [1.54, 1.807) is 12.4 Å². The molecule has 2 aliphatic rings. The van der Waals surface area contributed by atoms with Crippen LogP contribution in [-0.4, -0.2) is 45.8 Å². The lowest BCUT2D eigenvalue weighted by Gasteiger charge is -2.32. The Kier molecular flexibility index (Phi) is 6.77. The van der Waals surface area contributed by atoms with Gasteiger partial charge in [0.15, 0.2) is 0 Å². The molecule has 6 nitrogen and oxygen atoms in total. The molecule has 2 aromatic rings. The molecule has 0 bridgehead atoms. The van der Waals surface area contributed by atoms with Gasteiger partial charge in [0.1, 0.15) is 9.88 Å². The Morgan fingerprint density at radius 3 is 2.67 bits per heavy atom. The van der Waals surface area contributed by atoms with E-state index in [0.717, 1.165) is 41.9 Å². The molecule has 1 aliphatic heterocycles. The van der Waals surface area contributed by atoms with Gasteiger partial charge in [0.25, 0.3) is 5.91 Å². The maximum absolute atomic E-state index is 13.2. The van der Waals surface area contributed by atoms with Crippen molar-refractivity contribution < 1.29 is 9.59 Å². The molecule has 2 fully saturated rings. The number of thiazole rings is 1. The predicted octanol–water partition coefficient (Wildman–Crippen LogP) is 4.20. The molecule has 1 N–H and O–H groups in total. The number of nitrogens with one attached hydrogen (secondary N) is 1. The Labute approximate surface area is 182 Å². The normalized spacial score (nSPS) is 20.6. The molecule has 3 heterocycles. The van der Waals surface area contributed by atoms with E-state index >= 15 is 0 Å². The second-order valence-corrected chi connectivity index (χ2v) is 9.46. The van der Waals surface area contributed by atoms with Gasteiger partial charge in [0, 0.05) is 37.1 Å². The lowest BCUT2D eigenvalue weighted by Crippen LogP contribution is -2.47. The molecular weight excluding hydrogens is 396 g/mol. The van der Waals surface area contributed by atoms with Crippen molar-refractivity contribution in [1.82, 2.24) is 20.2 Å². The standard InChI is InChI=1S/C23H30N4O2S/c1-16-20(30-22(25-16)17-8-6-12-24-14-17)23(29)27-13-7-9-18(15-27)21(28)26-19-10-4-2-3-5-11-19/h6,8,12,14,18-19H,2-5,7,9-11,13,15H2,1H3,(H,26,28). The zero-order chi connectivity index (χ0) is 20.9. The Morgan fingerprint density at radius 1 is 1.13 bits per heavy atom. The summed E-state index contributed by atoms with van der Waals surface area (Å²) in [6.45, 7) is 3.08. The average molecular weight is 427 g/mol. The first-order chi connectivity index (χ1) is 14.6. The highest BCUT2D eigenvalue weighted by Crippen LogP contribution is 2.29. The lowest BCUT2D eigenvalue weighted by atomic mass is 9.96. The second kappa shape index (κ2) is 9.69. The minimum Gasteiger partial charge on any atom is -0.353 e. The molecule has 160 valence electrons. The van der Waals surface area contributed by atoms with E-state index in [1.807, 2.05) is 24.0 Å². The summed E-state index contributed by atoms with van der Waals surface area (Å²) >= 11 is 1.41. The van der Waals surface area contributed by atoms with Crippen LogP contribution in [0.5, 0.6) is 0 Å². The van der Waals surface area contributed by atoms with Gasteiger partial charge in [0.2, 0.25) is 5.91 Å². The van der Waals surface area contributed by atoms with E-state index in [-0.39, 0.29) is 17.7 Å². The Morgan fingerprint density at radius 2 is 1.93 bits per heavy atom. The van der Waals surface area contributed by atoms with Crippen LogP contribution < -0.4 is 5.32 Å². The van der Waals surface area contributed by atoms with E-state index in [4.69, 9.17) is 0 Å². The molecule has 2 aromatic heterocycles. The molecule has 30 heavy (non-hydrogen) atoms. The third-order valence-electron chi connectivity index (χ3n) is 6.18. The summed E-state index contributed by atoms with van der Waals surface area (Å²) in [6, 6.07) is 4.13. The van der Waals surface area contributed by atoms with Crippen molar-refractivity contribution in [1.29, 1.82) is 0 Å². The van der Waals surface area contributed by atoms with Crippen molar-refractivity contribution in [2.24, 2.45) is 5.92 Å². The van der Waals surface area contributed by atoms with Crippen molar-refractivity contribution in [2.45, 2.75) is 64.3 Å². The van der Waals surface area contributed by atoms with E-state index < -0.39 is 0 Å². The number of nitrogens with zero attached hydrogens (tertiary/aromatic N) is 3. The van der Waals surface area contributed by atoms with Crippen LogP contribution in [0, 0.1) is 12.8 Å². The van der Waals surface area contributed by atoms with Crippen molar-refractivity contribution >= 4 is 23.2 Å². The molecule has 1 atom stereocenters. The van der Waals surface area contributed by atoms with E-state index in [0.29, 0.717) is 24.0 Å². The first kappa shape index (κ1) is 21.0. The summed E-state index contributed by atoms with van der Waals surface area (Å²) in [6.07, 6.45) is 12.3. The van der Waals surface area contributed by atoms with E-state index in [9.17, 15) is 9.59 Å². The molecule has 7 heteroatoms. The first-order valence-electron chi connectivity index (χ1n) is 11.1. The molecule has 1 saturated carbocycles. The van der Waals surface area contributed by atoms with Crippen LogP contribution in [0.1, 0.15) is 66.7 Å². The van der Waals surface area contributed by atoms with Crippen molar-refractivity contribution in [3.05, 3.63) is 35.1 Å². The Bertz CT molecular complexity index is 875. The summed E-state index contributed by atoms with van der Waals surface area (Å²) in [5, 5.41) is 4.08. The van der Waals surface area contributed by atoms with Gasteiger partial charge in [-0.1, -0.05) is 25.7 Å². The highest BCUT2D eigenvalue weighted by atomic mass is 32.1. The fourth-order valence-corrected chi connectivity index (χ4v) is 5.49. The number of amides is 2. The highest BCUT2D eigenvalue weighted by molar-refractivity contribution is 7.17.